The van der Waals surface area contributed by atoms with E-state index in [1.165, 1.54) is 5.56 Å². The summed E-state index contributed by atoms with van der Waals surface area (Å²) in [5.74, 6) is 6.05. The third-order valence-corrected chi connectivity index (χ3v) is 2.39. The minimum atomic E-state index is 0.263. The largest absolute Gasteiger partial charge is 0.366 e. The van der Waals surface area contributed by atoms with E-state index >= 15 is 0 Å². The highest BCUT2D eigenvalue weighted by Gasteiger charge is 1.91. The van der Waals surface area contributed by atoms with Crippen LogP contribution in [0.25, 0.3) is 0 Å². The number of rotatable bonds is 2. The van der Waals surface area contributed by atoms with Gasteiger partial charge in [0.05, 0.1) is 11.0 Å². The van der Waals surface area contributed by atoms with Crippen molar-refractivity contribution in [3.05, 3.63) is 21.9 Å². The first-order chi connectivity index (χ1) is 6.18. The average Bonchev–Trinajstić information content (AvgIpc) is 2.45. The first kappa shape index (κ1) is 10.3. The molecule has 0 fully saturated rings. The summed E-state index contributed by atoms with van der Waals surface area (Å²) in [6.45, 7) is 6.62. The van der Waals surface area contributed by atoms with Crippen LogP contribution >= 0.6 is 11.3 Å². The summed E-state index contributed by atoms with van der Waals surface area (Å²) < 4.78 is 5.30. The van der Waals surface area contributed by atoms with Gasteiger partial charge in [-0.15, -0.1) is 11.3 Å². The van der Waals surface area contributed by atoms with E-state index in [1.807, 2.05) is 13.8 Å². The molecule has 0 aliphatic heterocycles. The van der Waals surface area contributed by atoms with Crippen LogP contribution < -0.4 is 0 Å². The molecular formula is C11H14OS. The van der Waals surface area contributed by atoms with Crippen LogP contribution in [0, 0.1) is 18.8 Å². The lowest BCUT2D eigenvalue weighted by Crippen LogP contribution is -2.01. The molecule has 2 heteroatoms. The number of aryl methyl sites for hydroxylation is 1. The summed E-state index contributed by atoms with van der Waals surface area (Å²) >= 11 is 1.68. The van der Waals surface area contributed by atoms with Gasteiger partial charge >= 0.3 is 0 Å². The van der Waals surface area contributed by atoms with E-state index in [1.54, 1.807) is 11.3 Å². The molecule has 0 N–H and O–H groups in total. The van der Waals surface area contributed by atoms with Gasteiger partial charge in [-0.25, -0.2) is 0 Å². The summed E-state index contributed by atoms with van der Waals surface area (Å²) in [6, 6.07) is 2.09. The fraction of sp³-hybridized carbons (Fsp3) is 0.455. The summed E-state index contributed by atoms with van der Waals surface area (Å²) in [5, 5.41) is 2.10. The van der Waals surface area contributed by atoms with Crippen molar-refractivity contribution in [3.63, 3.8) is 0 Å². The topological polar surface area (TPSA) is 9.23 Å². The van der Waals surface area contributed by atoms with Crippen molar-refractivity contribution >= 4 is 11.3 Å². The second kappa shape index (κ2) is 5.06. The highest BCUT2D eigenvalue weighted by Crippen LogP contribution is 2.11. The van der Waals surface area contributed by atoms with Crippen LogP contribution in [-0.4, -0.2) is 12.7 Å². The van der Waals surface area contributed by atoms with Crippen LogP contribution in [0.1, 0.15) is 24.3 Å². The van der Waals surface area contributed by atoms with Crippen molar-refractivity contribution in [2.24, 2.45) is 0 Å². The molecule has 0 amide bonds. The van der Waals surface area contributed by atoms with Gasteiger partial charge < -0.3 is 4.74 Å². The lowest BCUT2D eigenvalue weighted by atomic mass is 10.3. The molecule has 0 spiro atoms. The Morgan fingerprint density at radius 1 is 1.54 bits per heavy atom. The van der Waals surface area contributed by atoms with Gasteiger partial charge in [0.1, 0.15) is 6.61 Å². The quantitative estimate of drug-likeness (QED) is 0.658. The SMILES string of the molecule is Cc1csc(C#CCOC(C)C)c1. The van der Waals surface area contributed by atoms with Crippen molar-refractivity contribution in [1.82, 2.24) is 0 Å². The second-order valence-electron chi connectivity index (χ2n) is 3.15. The van der Waals surface area contributed by atoms with Crippen LogP contribution in [0.4, 0.5) is 0 Å². The van der Waals surface area contributed by atoms with Crippen LogP contribution in [0.3, 0.4) is 0 Å². The highest BCUT2D eigenvalue weighted by atomic mass is 32.1. The summed E-state index contributed by atoms with van der Waals surface area (Å²) in [5.41, 5.74) is 1.28. The number of hydrogen-bond acceptors (Lipinski definition) is 2. The maximum absolute atomic E-state index is 5.30. The predicted molar refractivity (Wildman–Crippen MR) is 57.0 cm³/mol. The molecule has 0 saturated heterocycles. The molecule has 1 heterocycles. The Balaban J connectivity index is 2.39. The van der Waals surface area contributed by atoms with Gasteiger partial charge in [0, 0.05) is 0 Å². The minimum Gasteiger partial charge on any atom is -0.366 e. The van der Waals surface area contributed by atoms with Gasteiger partial charge in [-0.3, -0.25) is 0 Å². The Bertz CT molecular complexity index is 314. The zero-order valence-corrected chi connectivity index (χ0v) is 9.07. The Kier molecular flexibility index (Phi) is 4.01. The maximum atomic E-state index is 5.30. The van der Waals surface area contributed by atoms with Crippen LogP contribution in [0.2, 0.25) is 0 Å². The van der Waals surface area contributed by atoms with Crippen molar-refractivity contribution in [1.29, 1.82) is 0 Å². The third-order valence-electron chi connectivity index (χ3n) is 1.43. The van der Waals surface area contributed by atoms with Crippen LogP contribution in [-0.2, 0) is 4.74 Å². The smallest absolute Gasteiger partial charge is 0.108 e. The molecule has 0 radical (unpaired) electrons. The van der Waals surface area contributed by atoms with E-state index in [4.69, 9.17) is 4.74 Å². The number of hydrogen-bond donors (Lipinski definition) is 0. The second-order valence-corrected chi connectivity index (χ2v) is 4.06. The predicted octanol–water partition coefficient (Wildman–Crippen LogP) is 2.83. The molecule has 1 rings (SSSR count). The first-order valence-corrected chi connectivity index (χ1v) is 5.22. The number of thiophene rings is 1. The van der Waals surface area contributed by atoms with E-state index in [9.17, 15) is 0 Å². The monoisotopic (exact) mass is 194 g/mol. The molecule has 0 aliphatic rings. The molecule has 0 unspecified atom stereocenters. The molecule has 0 bridgehead atoms. The van der Waals surface area contributed by atoms with Crippen LogP contribution in [0.5, 0.6) is 0 Å². The Hall–Kier alpha value is -0.780. The Morgan fingerprint density at radius 3 is 2.85 bits per heavy atom. The lowest BCUT2D eigenvalue weighted by Gasteiger charge is -2.00. The fourth-order valence-corrected chi connectivity index (χ4v) is 1.59. The summed E-state index contributed by atoms with van der Waals surface area (Å²) in [4.78, 5) is 1.12. The molecule has 1 aromatic rings. The first-order valence-electron chi connectivity index (χ1n) is 4.34. The summed E-state index contributed by atoms with van der Waals surface area (Å²) in [6.07, 6.45) is 0.263. The van der Waals surface area contributed by atoms with E-state index in [0.717, 1.165) is 4.88 Å². The fourth-order valence-electron chi connectivity index (χ4n) is 0.828. The lowest BCUT2D eigenvalue weighted by molar-refractivity contribution is 0.107. The molecule has 13 heavy (non-hydrogen) atoms. The molecular weight excluding hydrogens is 180 g/mol. The van der Waals surface area contributed by atoms with Crippen molar-refractivity contribution in [3.8, 4) is 11.8 Å². The Labute approximate surface area is 83.7 Å². The highest BCUT2D eigenvalue weighted by molar-refractivity contribution is 7.10. The average molecular weight is 194 g/mol. The minimum absolute atomic E-state index is 0.263. The van der Waals surface area contributed by atoms with Gasteiger partial charge in [-0.05, 0) is 37.8 Å². The van der Waals surface area contributed by atoms with Gasteiger partial charge in [0.25, 0.3) is 0 Å². The van der Waals surface area contributed by atoms with Crippen molar-refractivity contribution < 1.29 is 4.74 Å². The normalized spacial score (nSPS) is 9.85. The van der Waals surface area contributed by atoms with Gasteiger partial charge in [0.2, 0.25) is 0 Å². The van der Waals surface area contributed by atoms with Crippen molar-refractivity contribution in [2.75, 3.05) is 6.61 Å². The van der Waals surface area contributed by atoms with Gasteiger partial charge in [-0.1, -0.05) is 11.8 Å². The van der Waals surface area contributed by atoms with Gasteiger partial charge in [-0.2, -0.15) is 0 Å². The van der Waals surface area contributed by atoms with E-state index in [-0.39, 0.29) is 6.10 Å². The zero-order chi connectivity index (χ0) is 9.68. The number of ether oxygens (including phenoxy) is 1. The van der Waals surface area contributed by atoms with E-state index in [0.29, 0.717) is 6.61 Å². The van der Waals surface area contributed by atoms with E-state index < -0.39 is 0 Å². The summed E-state index contributed by atoms with van der Waals surface area (Å²) in [7, 11) is 0. The Morgan fingerprint density at radius 2 is 2.31 bits per heavy atom. The molecule has 0 aliphatic carbocycles. The van der Waals surface area contributed by atoms with Gasteiger partial charge in [0.15, 0.2) is 0 Å². The molecule has 0 atom stereocenters. The maximum Gasteiger partial charge on any atom is 0.108 e. The standard InChI is InChI=1S/C11H14OS/c1-9(2)12-6-4-5-11-7-10(3)8-13-11/h7-9H,6H2,1-3H3. The molecule has 1 aromatic heterocycles. The zero-order valence-electron chi connectivity index (χ0n) is 8.26. The van der Waals surface area contributed by atoms with Crippen LogP contribution in [0.15, 0.2) is 11.4 Å². The molecule has 0 aromatic carbocycles. The third kappa shape index (κ3) is 4.12. The molecule has 0 saturated carbocycles. The van der Waals surface area contributed by atoms with E-state index in [2.05, 4.69) is 30.2 Å². The molecule has 1 nitrogen and oxygen atoms in total. The van der Waals surface area contributed by atoms with Crippen molar-refractivity contribution in [2.45, 2.75) is 26.9 Å². The molecule has 70 valence electrons.